The summed E-state index contributed by atoms with van der Waals surface area (Å²) in [5, 5.41) is 0. The van der Waals surface area contributed by atoms with E-state index in [4.69, 9.17) is 4.74 Å². The van der Waals surface area contributed by atoms with Gasteiger partial charge in [0.25, 0.3) is 0 Å². The Kier molecular flexibility index (Phi) is 6.57. The average Bonchev–Trinajstić information content (AvgIpc) is 2.30. The summed E-state index contributed by atoms with van der Waals surface area (Å²) < 4.78 is 6.46. The number of ether oxygens (including phenoxy) is 1. The summed E-state index contributed by atoms with van der Waals surface area (Å²) in [6.45, 7) is 2.81. The van der Waals surface area contributed by atoms with Crippen LogP contribution < -0.4 is 4.74 Å². The van der Waals surface area contributed by atoms with Gasteiger partial charge in [-0.1, -0.05) is 22.9 Å². The van der Waals surface area contributed by atoms with E-state index in [0.29, 0.717) is 17.9 Å². The van der Waals surface area contributed by atoms with E-state index in [9.17, 15) is 4.79 Å². The Balaban J connectivity index is 2.44. The molecule has 0 amide bonds. The summed E-state index contributed by atoms with van der Waals surface area (Å²) in [5.41, 5.74) is 0.595. The highest BCUT2D eigenvalue weighted by atomic mass is 79.9. The maximum absolute atomic E-state index is 10.8. The topological polar surface area (TPSA) is 26.3 Å². The van der Waals surface area contributed by atoms with Gasteiger partial charge in [-0.25, -0.2) is 0 Å². The molecular formula is C12H15BrO2S. The molecule has 0 aromatic heterocycles. The summed E-state index contributed by atoms with van der Waals surface area (Å²) in [5.74, 6) is 2.90. The third-order valence-electron chi connectivity index (χ3n) is 1.99. The van der Waals surface area contributed by atoms with Crippen LogP contribution in [0.2, 0.25) is 0 Å². The van der Waals surface area contributed by atoms with Crippen LogP contribution in [0, 0.1) is 0 Å². The van der Waals surface area contributed by atoms with Crippen molar-refractivity contribution in [2.24, 2.45) is 0 Å². The number of aldehydes is 1. The maximum atomic E-state index is 10.8. The lowest BCUT2D eigenvalue weighted by Crippen LogP contribution is -2.01. The molecule has 0 aliphatic rings. The number of hydrogen-bond donors (Lipinski definition) is 0. The molecule has 2 nitrogen and oxygen atoms in total. The zero-order valence-electron chi connectivity index (χ0n) is 9.24. The molecule has 4 heteroatoms. The van der Waals surface area contributed by atoms with E-state index in [-0.39, 0.29) is 0 Å². The minimum atomic E-state index is 0.595. The number of carbonyl (C=O) groups is 1. The standard InChI is InChI=1S/C12H15BrO2S/c1-2-16-7-3-6-15-12-5-4-11(13)8-10(12)9-14/h4-5,8-9H,2-3,6-7H2,1H3. The number of halogens is 1. The maximum Gasteiger partial charge on any atom is 0.153 e. The summed E-state index contributed by atoms with van der Waals surface area (Å²) in [6, 6.07) is 5.47. The van der Waals surface area contributed by atoms with Gasteiger partial charge >= 0.3 is 0 Å². The minimum Gasteiger partial charge on any atom is -0.493 e. The van der Waals surface area contributed by atoms with Crippen LogP contribution in [0.1, 0.15) is 23.7 Å². The van der Waals surface area contributed by atoms with E-state index in [2.05, 4.69) is 22.9 Å². The van der Waals surface area contributed by atoms with Crippen molar-refractivity contribution in [1.29, 1.82) is 0 Å². The van der Waals surface area contributed by atoms with Crippen LogP contribution in [0.15, 0.2) is 22.7 Å². The Bertz CT molecular complexity index is 342. The molecule has 0 heterocycles. The van der Waals surface area contributed by atoms with Gasteiger partial charge in [0.05, 0.1) is 12.2 Å². The van der Waals surface area contributed by atoms with E-state index in [1.807, 2.05) is 23.9 Å². The summed E-state index contributed by atoms with van der Waals surface area (Å²) in [4.78, 5) is 10.8. The highest BCUT2D eigenvalue weighted by Crippen LogP contribution is 2.21. The van der Waals surface area contributed by atoms with Crippen LogP contribution in [0.4, 0.5) is 0 Å². The van der Waals surface area contributed by atoms with Gasteiger partial charge in [-0.05, 0) is 36.1 Å². The normalized spacial score (nSPS) is 10.1. The first-order chi connectivity index (χ1) is 7.77. The molecule has 1 rings (SSSR count). The van der Waals surface area contributed by atoms with Crippen LogP contribution in [-0.4, -0.2) is 24.4 Å². The zero-order chi connectivity index (χ0) is 11.8. The quantitative estimate of drug-likeness (QED) is 0.566. The number of hydrogen-bond acceptors (Lipinski definition) is 3. The molecular weight excluding hydrogens is 288 g/mol. The van der Waals surface area contributed by atoms with Gasteiger partial charge in [0.15, 0.2) is 6.29 Å². The van der Waals surface area contributed by atoms with Gasteiger partial charge in [0.2, 0.25) is 0 Å². The molecule has 16 heavy (non-hydrogen) atoms. The third kappa shape index (κ3) is 4.58. The monoisotopic (exact) mass is 302 g/mol. The zero-order valence-corrected chi connectivity index (χ0v) is 11.6. The van der Waals surface area contributed by atoms with E-state index in [1.165, 1.54) is 0 Å². The second-order valence-corrected chi connectivity index (χ2v) is 5.51. The molecule has 0 unspecified atom stereocenters. The first-order valence-electron chi connectivity index (χ1n) is 5.23. The molecule has 0 aliphatic heterocycles. The molecule has 0 N–H and O–H groups in total. The fraction of sp³-hybridized carbons (Fsp3) is 0.417. The Labute approximate surface area is 109 Å². The van der Waals surface area contributed by atoms with Crippen molar-refractivity contribution in [1.82, 2.24) is 0 Å². The molecule has 0 bridgehead atoms. The summed E-state index contributed by atoms with van der Waals surface area (Å²) in [6.07, 6.45) is 1.83. The number of carbonyl (C=O) groups excluding carboxylic acids is 1. The number of benzene rings is 1. The van der Waals surface area contributed by atoms with Crippen molar-refractivity contribution in [2.45, 2.75) is 13.3 Å². The van der Waals surface area contributed by atoms with Crippen molar-refractivity contribution in [3.63, 3.8) is 0 Å². The predicted molar refractivity (Wildman–Crippen MR) is 72.6 cm³/mol. The first kappa shape index (κ1) is 13.6. The molecule has 1 aromatic carbocycles. The van der Waals surface area contributed by atoms with Crippen molar-refractivity contribution in [2.75, 3.05) is 18.1 Å². The second-order valence-electron chi connectivity index (χ2n) is 3.20. The second kappa shape index (κ2) is 7.74. The van der Waals surface area contributed by atoms with Gasteiger partial charge in [-0.2, -0.15) is 11.8 Å². The first-order valence-corrected chi connectivity index (χ1v) is 7.18. The van der Waals surface area contributed by atoms with Crippen LogP contribution in [0.25, 0.3) is 0 Å². The molecule has 0 atom stereocenters. The summed E-state index contributed by atoms with van der Waals surface area (Å²) >= 11 is 5.22. The van der Waals surface area contributed by atoms with Crippen LogP contribution in [-0.2, 0) is 0 Å². The minimum absolute atomic E-state index is 0.595. The average molecular weight is 303 g/mol. The van der Waals surface area contributed by atoms with E-state index >= 15 is 0 Å². The molecule has 0 fully saturated rings. The molecule has 0 saturated heterocycles. The largest absolute Gasteiger partial charge is 0.493 e. The Morgan fingerprint density at radius 1 is 1.50 bits per heavy atom. The molecule has 0 spiro atoms. The van der Waals surface area contributed by atoms with Crippen LogP contribution in [0.5, 0.6) is 5.75 Å². The molecule has 0 radical (unpaired) electrons. The van der Waals surface area contributed by atoms with Gasteiger partial charge < -0.3 is 4.74 Å². The van der Waals surface area contributed by atoms with Crippen molar-refractivity contribution in [3.05, 3.63) is 28.2 Å². The van der Waals surface area contributed by atoms with Gasteiger partial charge in [0.1, 0.15) is 5.75 Å². The smallest absolute Gasteiger partial charge is 0.153 e. The summed E-state index contributed by atoms with van der Waals surface area (Å²) in [7, 11) is 0. The highest BCUT2D eigenvalue weighted by Gasteiger charge is 2.03. The van der Waals surface area contributed by atoms with Crippen molar-refractivity contribution < 1.29 is 9.53 Å². The lowest BCUT2D eigenvalue weighted by Gasteiger charge is -2.08. The fourth-order valence-electron chi connectivity index (χ4n) is 1.23. The van der Waals surface area contributed by atoms with Crippen molar-refractivity contribution in [3.8, 4) is 5.75 Å². The molecule has 0 aliphatic carbocycles. The predicted octanol–water partition coefficient (Wildman–Crippen LogP) is 3.78. The Hall–Kier alpha value is -0.480. The lowest BCUT2D eigenvalue weighted by atomic mass is 10.2. The van der Waals surface area contributed by atoms with E-state index in [1.54, 1.807) is 6.07 Å². The van der Waals surface area contributed by atoms with Gasteiger partial charge in [-0.3, -0.25) is 4.79 Å². The Morgan fingerprint density at radius 2 is 2.31 bits per heavy atom. The third-order valence-corrected chi connectivity index (χ3v) is 3.47. The van der Waals surface area contributed by atoms with Gasteiger partial charge in [0, 0.05) is 4.47 Å². The lowest BCUT2D eigenvalue weighted by molar-refractivity contribution is 0.111. The number of rotatable bonds is 7. The fourth-order valence-corrected chi connectivity index (χ4v) is 2.22. The number of thioether (sulfide) groups is 1. The Morgan fingerprint density at radius 3 is 3.00 bits per heavy atom. The SMILES string of the molecule is CCSCCCOc1ccc(Br)cc1C=O. The highest BCUT2D eigenvalue weighted by molar-refractivity contribution is 9.10. The van der Waals surface area contributed by atoms with Crippen LogP contribution in [0.3, 0.4) is 0 Å². The molecule has 0 saturated carbocycles. The van der Waals surface area contributed by atoms with Gasteiger partial charge in [-0.15, -0.1) is 0 Å². The van der Waals surface area contributed by atoms with Crippen molar-refractivity contribution >= 4 is 34.0 Å². The van der Waals surface area contributed by atoms with E-state index in [0.717, 1.165) is 28.7 Å². The molecule has 88 valence electrons. The molecule has 1 aromatic rings. The van der Waals surface area contributed by atoms with E-state index < -0.39 is 0 Å². The van der Waals surface area contributed by atoms with Crippen LogP contribution >= 0.6 is 27.7 Å².